The highest BCUT2D eigenvalue weighted by Gasteiger charge is 2.32. The summed E-state index contributed by atoms with van der Waals surface area (Å²) in [5, 5.41) is 0. The number of halogens is 1. The molecule has 0 rings (SSSR count). The molecule has 0 aliphatic heterocycles. The van der Waals surface area contributed by atoms with Gasteiger partial charge in [0.1, 0.15) is 0 Å². The molecule has 90 valence electrons. The van der Waals surface area contributed by atoms with Crippen molar-refractivity contribution < 1.29 is 13.9 Å². The van der Waals surface area contributed by atoms with Crippen LogP contribution >= 0.6 is 0 Å². The molecule has 0 aliphatic carbocycles. The predicted molar refractivity (Wildman–Crippen MR) is 59.5 cm³/mol. The molecule has 0 spiro atoms. The Kier molecular flexibility index (Phi) is 6.53. The van der Waals surface area contributed by atoms with Crippen LogP contribution < -0.4 is 0 Å². The van der Waals surface area contributed by atoms with Crippen molar-refractivity contribution in [3.63, 3.8) is 0 Å². The number of unbranched alkanes of at least 4 members (excludes halogenated alkanes) is 1. The van der Waals surface area contributed by atoms with E-state index in [1.165, 1.54) is 6.92 Å². The van der Waals surface area contributed by atoms with Crippen molar-refractivity contribution in [2.75, 3.05) is 6.61 Å². The van der Waals surface area contributed by atoms with Gasteiger partial charge in [0.25, 0.3) is 0 Å². The lowest BCUT2D eigenvalue weighted by molar-refractivity contribution is -0.158. The summed E-state index contributed by atoms with van der Waals surface area (Å²) < 4.78 is 18.4. The molecule has 15 heavy (non-hydrogen) atoms. The van der Waals surface area contributed by atoms with Crippen LogP contribution in [0.15, 0.2) is 0 Å². The number of rotatable bonds is 7. The monoisotopic (exact) mass is 218 g/mol. The van der Waals surface area contributed by atoms with Crippen molar-refractivity contribution in [1.82, 2.24) is 0 Å². The van der Waals surface area contributed by atoms with Crippen molar-refractivity contribution in [2.45, 2.75) is 59.0 Å². The smallest absolute Gasteiger partial charge is 0.343 e. The second-order valence-electron chi connectivity index (χ2n) is 4.40. The topological polar surface area (TPSA) is 26.3 Å². The van der Waals surface area contributed by atoms with Gasteiger partial charge in [0.15, 0.2) is 0 Å². The van der Waals surface area contributed by atoms with Crippen LogP contribution in [0.1, 0.15) is 53.4 Å². The zero-order valence-electron chi connectivity index (χ0n) is 10.3. The molecule has 0 saturated heterocycles. The van der Waals surface area contributed by atoms with Gasteiger partial charge in [-0.2, -0.15) is 0 Å². The Hall–Kier alpha value is -0.600. The van der Waals surface area contributed by atoms with Gasteiger partial charge in [-0.25, -0.2) is 9.18 Å². The summed E-state index contributed by atoms with van der Waals surface area (Å²) in [7, 11) is 0. The van der Waals surface area contributed by atoms with Gasteiger partial charge in [-0.3, -0.25) is 0 Å². The minimum Gasteiger partial charge on any atom is -0.463 e. The summed E-state index contributed by atoms with van der Waals surface area (Å²) in [6.45, 7) is 7.38. The minimum absolute atomic E-state index is 0.162. The van der Waals surface area contributed by atoms with Crippen molar-refractivity contribution in [1.29, 1.82) is 0 Å². The summed E-state index contributed by atoms with van der Waals surface area (Å²) >= 11 is 0. The molecule has 0 radical (unpaired) electrons. The lowest BCUT2D eigenvalue weighted by Crippen LogP contribution is -2.32. The fourth-order valence-corrected chi connectivity index (χ4v) is 1.15. The lowest BCUT2D eigenvalue weighted by Gasteiger charge is -2.18. The fraction of sp³-hybridized carbons (Fsp3) is 0.917. The molecule has 0 amide bonds. The minimum atomic E-state index is -1.83. The molecule has 0 aromatic rings. The van der Waals surface area contributed by atoms with Gasteiger partial charge in [0.05, 0.1) is 6.61 Å². The van der Waals surface area contributed by atoms with E-state index in [1.54, 1.807) is 6.92 Å². The van der Waals surface area contributed by atoms with Crippen molar-refractivity contribution in [3.05, 3.63) is 0 Å². The van der Waals surface area contributed by atoms with Gasteiger partial charge in [-0.15, -0.1) is 0 Å². The maximum atomic E-state index is 13.4. The number of carbonyl (C=O) groups is 1. The first kappa shape index (κ1) is 14.4. The maximum Gasteiger partial charge on any atom is 0.343 e. The second kappa shape index (κ2) is 6.81. The highest BCUT2D eigenvalue weighted by atomic mass is 19.1. The third-order valence-corrected chi connectivity index (χ3v) is 2.64. The van der Waals surface area contributed by atoms with E-state index in [0.29, 0.717) is 12.5 Å². The average molecular weight is 218 g/mol. The first-order chi connectivity index (χ1) is 6.94. The highest BCUT2D eigenvalue weighted by Crippen LogP contribution is 2.18. The van der Waals surface area contributed by atoms with Gasteiger partial charge in [0, 0.05) is 0 Å². The van der Waals surface area contributed by atoms with E-state index < -0.39 is 11.6 Å². The van der Waals surface area contributed by atoms with Gasteiger partial charge in [0.2, 0.25) is 5.67 Å². The van der Waals surface area contributed by atoms with Crippen molar-refractivity contribution >= 4 is 5.97 Å². The van der Waals surface area contributed by atoms with Gasteiger partial charge in [-0.1, -0.05) is 33.6 Å². The second-order valence-corrected chi connectivity index (χ2v) is 4.40. The van der Waals surface area contributed by atoms with Crippen molar-refractivity contribution in [2.24, 2.45) is 5.92 Å². The van der Waals surface area contributed by atoms with Crippen LogP contribution in [0.25, 0.3) is 0 Å². The number of esters is 1. The molecule has 0 aromatic carbocycles. The first-order valence-corrected chi connectivity index (χ1v) is 5.80. The number of ether oxygens (including phenoxy) is 1. The Balaban J connectivity index is 3.80. The molecule has 2 atom stereocenters. The molecule has 2 nitrogen and oxygen atoms in total. The summed E-state index contributed by atoms with van der Waals surface area (Å²) in [5.74, 6) is -0.407. The molecule has 0 aliphatic rings. The number of carbonyl (C=O) groups excluding carboxylic acids is 1. The maximum absolute atomic E-state index is 13.4. The molecule has 0 fully saturated rings. The van der Waals surface area contributed by atoms with Crippen molar-refractivity contribution in [3.8, 4) is 0 Å². The normalized spacial score (nSPS) is 16.9. The summed E-state index contributed by atoms with van der Waals surface area (Å²) in [4.78, 5) is 11.3. The molecular weight excluding hydrogens is 195 g/mol. The third kappa shape index (κ3) is 5.75. The largest absolute Gasteiger partial charge is 0.463 e. The quantitative estimate of drug-likeness (QED) is 0.611. The molecule has 0 saturated carbocycles. The van der Waals surface area contributed by atoms with E-state index in [-0.39, 0.29) is 6.42 Å². The van der Waals surface area contributed by atoms with E-state index in [9.17, 15) is 9.18 Å². The Morgan fingerprint density at radius 1 is 1.47 bits per heavy atom. The summed E-state index contributed by atoms with van der Waals surface area (Å²) in [6.07, 6.45) is 3.45. The molecule has 0 bridgehead atoms. The van der Waals surface area contributed by atoms with Crippen LogP contribution in [0.2, 0.25) is 0 Å². The van der Waals surface area contributed by atoms with Gasteiger partial charge >= 0.3 is 5.97 Å². The Bertz CT molecular complexity index is 190. The highest BCUT2D eigenvalue weighted by molar-refractivity contribution is 5.78. The number of hydrogen-bond donors (Lipinski definition) is 0. The SMILES string of the molecule is CCCCC(C)COC(=O)C(C)(F)CC. The Morgan fingerprint density at radius 2 is 2.07 bits per heavy atom. The summed E-state index contributed by atoms with van der Waals surface area (Å²) in [6, 6.07) is 0. The van der Waals surface area contributed by atoms with E-state index in [0.717, 1.165) is 19.3 Å². The third-order valence-electron chi connectivity index (χ3n) is 2.64. The van der Waals surface area contributed by atoms with Crippen LogP contribution in [0.3, 0.4) is 0 Å². The van der Waals surface area contributed by atoms with E-state index in [2.05, 4.69) is 6.92 Å². The fourth-order valence-electron chi connectivity index (χ4n) is 1.15. The average Bonchev–Trinajstić information content (AvgIpc) is 2.22. The van der Waals surface area contributed by atoms with Crippen LogP contribution in [-0.2, 0) is 9.53 Å². The molecule has 0 heterocycles. The van der Waals surface area contributed by atoms with E-state index in [1.807, 2.05) is 6.92 Å². The molecule has 0 N–H and O–H groups in total. The molecule has 2 unspecified atom stereocenters. The van der Waals surface area contributed by atoms with Gasteiger partial charge < -0.3 is 4.74 Å². The van der Waals surface area contributed by atoms with E-state index in [4.69, 9.17) is 4.74 Å². The van der Waals surface area contributed by atoms with Crippen LogP contribution in [0.5, 0.6) is 0 Å². The van der Waals surface area contributed by atoms with Crippen LogP contribution in [0, 0.1) is 5.92 Å². The number of alkyl halides is 1. The Labute approximate surface area is 92.2 Å². The van der Waals surface area contributed by atoms with Crippen LogP contribution in [0.4, 0.5) is 4.39 Å². The predicted octanol–water partition coefficient (Wildman–Crippen LogP) is 3.49. The molecule has 0 aromatic heterocycles. The Morgan fingerprint density at radius 3 is 2.53 bits per heavy atom. The zero-order valence-corrected chi connectivity index (χ0v) is 10.3. The number of hydrogen-bond acceptors (Lipinski definition) is 2. The van der Waals surface area contributed by atoms with Gasteiger partial charge in [-0.05, 0) is 25.7 Å². The van der Waals surface area contributed by atoms with Crippen LogP contribution in [-0.4, -0.2) is 18.2 Å². The lowest BCUT2D eigenvalue weighted by atomic mass is 10.0. The standard InChI is InChI=1S/C12H23FO2/c1-5-7-8-10(3)9-15-11(14)12(4,13)6-2/h10H,5-9H2,1-4H3. The molecule has 3 heteroatoms. The first-order valence-electron chi connectivity index (χ1n) is 5.80. The zero-order chi connectivity index (χ0) is 11.9. The van der Waals surface area contributed by atoms with E-state index >= 15 is 0 Å². The summed E-state index contributed by atoms with van der Waals surface area (Å²) in [5.41, 5.74) is -1.83. The molecular formula is C12H23FO2.